The van der Waals surface area contributed by atoms with E-state index >= 15 is 0 Å². The van der Waals surface area contributed by atoms with Crippen LogP contribution in [0, 0.1) is 0 Å². The van der Waals surface area contributed by atoms with Crippen molar-refractivity contribution >= 4 is 0 Å². The molecule has 2 aromatic carbocycles. The predicted molar refractivity (Wildman–Crippen MR) is 126 cm³/mol. The van der Waals surface area contributed by atoms with Crippen molar-refractivity contribution in [2.45, 2.75) is 51.5 Å². The lowest BCUT2D eigenvalue weighted by molar-refractivity contribution is 0.102. The van der Waals surface area contributed by atoms with Gasteiger partial charge in [0.15, 0.2) is 28.8 Å². The van der Waals surface area contributed by atoms with Crippen LogP contribution in [0.3, 0.4) is 0 Å². The number of rotatable bonds is 9. The fourth-order valence-corrected chi connectivity index (χ4v) is 4.28. The molecule has 5 rings (SSSR count). The van der Waals surface area contributed by atoms with E-state index in [4.69, 9.17) is 14.2 Å². The van der Waals surface area contributed by atoms with Gasteiger partial charge in [0.05, 0.1) is 26.4 Å². The van der Waals surface area contributed by atoms with Gasteiger partial charge in [-0.25, -0.2) is 15.0 Å². The van der Waals surface area contributed by atoms with Gasteiger partial charge in [-0.2, -0.15) is 0 Å². The molecule has 0 atom stereocenters. The Morgan fingerprint density at radius 2 is 1.79 bits per heavy atom. The summed E-state index contributed by atoms with van der Waals surface area (Å²) in [7, 11) is 1.65. The van der Waals surface area contributed by atoms with Crippen LogP contribution in [0.15, 0.2) is 54.9 Å². The van der Waals surface area contributed by atoms with Crippen LogP contribution in [-0.2, 0) is 24.5 Å². The predicted octanol–water partition coefficient (Wildman–Crippen LogP) is 4.58. The molecule has 8 nitrogen and oxygen atoms in total. The summed E-state index contributed by atoms with van der Waals surface area (Å²) >= 11 is 0. The van der Waals surface area contributed by atoms with E-state index in [1.54, 1.807) is 13.4 Å². The molecule has 8 heteroatoms. The number of fused-ring (bicyclic) bond motifs is 1. The van der Waals surface area contributed by atoms with Gasteiger partial charge in [-0.15, -0.1) is 0 Å². The topological polar surface area (TPSA) is 91.5 Å². The van der Waals surface area contributed by atoms with E-state index in [9.17, 15) is 5.11 Å². The molecule has 0 amide bonds. The molecule has 0 saturated heterocycles. The van der Waals surface area contributed by atoms with Crippen LogP contribution in [0.4, 0.5) is 0 Å². The summed E-state index contributed by atoms with van der Waals surface area (Å²) < 4.78 is 19.4. The van der Waals surface area contributed by atoms with Gasteiger partial charge >= 0.3 is 0 Å². The zero-order valence-electron chi connectivity index (χ0n) is 19.2. The minimum absolute atomic E-state index is 0.145. The van der Waals surface area contributed by atoms with Gasteiger partial charge < -0.3 is 23.9 Å². The van der Waals surface area contributed by atoms with Gasteiger partial charge in [0.1, 0.15) is 12.9 Å². The van der Waals surface area contributed by atoms with E-state index in [1.807, 2.05) is 53.1 Å². The normalized spacial score (nSPS) is 14.0. The first-order valence-electron chi connectivity index (χ1n) is 11.6. The molecule has 34 heavy (non-hydrogen) atoms. The number of imidazole rings is 1. The number of benzene rings is 2. The average Bonchev–Trinajstić information content (AvgIpc) is 3.53. The Labute approximate surface area is 198 Å². The lowest BCUT2D eigenvalue weighted by Gasteiger charge is -2.17. The Hall–Kier alpha value is -3.65. The fraction of sp³-hybridized carbons (Fsp3) is 0.346. The highest BCUT2D eigenvalue weighted by molar-refractivity contribution is 5.58. The van der Waals surface area contributed by atoms with Crippen molar-refractivity contribution < 1.29 is 19.3 Å². The third kappa shape index (κ3) is 4.97. The summed E-state index contributed by atoms with van der Waals surface area (Å²) in [6.45, 7) is 1.20. The average molecular weight is 461 g/mol. The van der Waals surface area contributed by atoms with Crippen molar-refractivity contribution in [3.8, 4) is 28.9 Å². The summed E-state index contributed by atoms with van der Waals surface area (Å²) in [5, 5.41) is 10.2. The molecule has 0 unspecified atom stereocenters. The molecule has 1 N–H and O–H groups in total. The van der Waals surface area contributed by atoms with Crippen molar-refractivity contribution in [1.29, 1.82) is 0 Å². The summed E-state index contributed by atoms with van der Waals surface area (Å²) in [5.41, 5.74) is 2.45. The number of ether oxygens (including phenoxy) is 3. The van der Waals surface area contributed by atoms with Crippen molar-refractivity contribution in [1.82, 2.24) is 19.5 Å². The van der Waals surface area contributed by atoms with Gasteiger partial charge in [-0.3, -0.25) is 0 Å². The number of methoxy groups -OCH3 is 1. The maximum absolute atomic E-state index is 10.2. The second-order valence-electron chi connectivity index (χ2n) is 8.50. The zero-order valence-corrected chi connectivity index (χ0v) is 19.2. The molecule has 2 aromatic rings. The molecule has 0 aromatic heterocycles. The highest BCUT2D eigenvalue weighted by Gasteiger charge is 2.22. The Morgan fingerprint density at radius 1 is 0.971 bits per heavy atom. The third-order valence-electron chi connectivity index (χ3n) is 6.01. The molecule has 0 radical (unpaired) electrons. The summed E-state index contributed by atoms with van der Waals surface area (Å²) in [4.78, 5) is 13.2. The van der Waals surface area contributed by atoms with Crippen molar-refractivity contribution in [3.63, 3.8) is 0 Å². The lowest BCUT2D eigenvalue weighted by atomic mass is 10.2. The first-order chi connectivity index (χ1) is 16.7. The minimum atomic E-state index is -0.145. The number of aromatic nitrogens is 4. The van der Waals surface area contributed by atoms with Gasteiger partial charge in [-0.1, -0.05) is 36.4 Å². The molecule has 0 spiro atoms. The van der Waals surface area contributed by atoms with Gasteiger partial charge in [0.25, 0.3) is 0 Å². The molecule has 1 saturated carbocycles. The highest BCUT2D eigenvalue weighted by Crippen LogP contribution is 2.33. The largest absolute Gasteiger partial charge is 0.493 e. The Morgan fingerprint density at radius 3 is 2.59 bits per heavy atom. The molecule has 1 fully saturated rings. The maximum Gasteiger partial charge on any atom is 0.242 e. The van der Waals surface area contributed by atoms with E-state index in [0.29, 0.717) is 30.5 Å². The SMILES string of the molecule is COc1ccc(Cn2cnc(O)c3nc(COCc4ccccc4)nc2-3)cc1OC1CCCC1. The molecule has 0 bridgehead atoms. The van der Waals surface area contributed by atoms with Crippen LogP contribution in [0.1, 0.15) is 42.6 Å². The fourth-order valence-electron chi connectivity index (χ4n) is 4.28. The number of hydrogen-bond acceptors (Lipinski definition) is 7. The first-order valence-corrected chi connectivity index (χ1v) is 11.6. The molecular weight excluding hydrogens is 432 g/mol. The van der Waals surface area contributed by atoms with Gasteiger partial charge in [0.2, 0.25) is 5.88 Å². The quantitative estimate of drug-likeness (QED) is 0.391. The van der Waals surface area contributed by atoms with Crippen molar-refractivity contribution in [2.24, 2.45) is 0 Å². The van der Waals surface area contributed by atoms with Crippen LogP contribution in [-0.4, -0.2) is 37.8 Å². The van der Waals surface area contributed by atoms with E-state index in [0.717, 1.165) is 35.5 Å². The summed E-state index contributed by atoms with van der Waals surface area (Å²) in [5.74, 6) is 2.38. The lowest BCUT2D eigenvalue weighted by Crippen LogP contribution is -2.12. The van der Waals surface area contributed by atoms with Crippen LogP contribution < -0.4 is 9.47 Å². The van der Waals surface area contributed by atoms with Crippen LogP contribution >= 0.6 is 0 Å². The van der Waals surface area contributed by atoms with Gasteiger partial charge in [-0.05, 0) is 48.9 Å². The maximum atomic E-state index is 10.2. The highest BCUT2D eigenvalue weighted by atomic mass is 16.5. The first kappa shape index (κ1) is 22.2. The van der Waals surface area contributed by atoms with Crippen molar-refractivity contribution in [3.05, 3.63) is 71.8 Å². The Bertz CT molecular complexity index is 1200. The van der Waals surface area contributed by atoms with E-state index < -0.39 is 0 Å². The summed E-state index contributed by atoms with van der Waals surface area (Å²) in [6.07, 6.45) is 6.35. The number of aromatic hydroxyl groups is 1. The molecular formula is C26H28N4O4. The monoisotopic (exact) mass is 460 g/mol. The van der Waals surface area contributed by atoms with E-state index in [2.05, 4.69) is 15.0 Å². The third-order valence-corrected chi connectivity index (χ3v) is 6.01. The molecule has 2 heterocycles. The van der Waals surface area contributed by atoms with Crippen LogP contribution in [0.25, 0.3) is 11.5 Å². The van der Waals surface area contributed by atoms with Crippen LogP contribution in [0.5, 0.6) is 17.4 Å². The second-order valence-corrected chi connectivity index (χ2v) is 8.50. The molecule has 1 aliphatic carbocycles. The second kappa shape index (κ2) is 10.1. The Balaban J connectivity index is 1.34. The van der Waals surface area contributed by atoms with Crippen LogP contribution in [0.2, 0.25) is 0 Å². The van der Waals surface area contributed by atoms with E-state index in [1.165, 1.54) is 12.8 Å². The number of nitrogens with zero attached hydrogens (tertiary/aromatic N) is 4. The Kier molecular flexibility index (Phi) is 6.58. The molecule has 176 valence electrons. The van der Waals surface area contributed by atoms with Crippen molar-refractivity contribution in [2.75, 3.05) is 7.11 Å². The smallest absolute Gasteiger partial charge is 0.242 e. The molecule has 3 aliphatic rings. The van der Waals surface area contributed by atoms with E-state index in [-0.39, 0.29) is 18.6 Å². The standard InChI is InChI=1S/C26H28N4O4/c1-32-21-12-11-19(13-22(21)34-20-9-5-6-10-20)14-30-17-27-26(31)24-25(30)29-23(28-24)16-33-15-18-7-3-2-4-8-18/h2-4,7-8,11-13,17,20,31H,5-6,9-10,14-16H2,1H3. The number of hydrogen-bond donors (Lipinski definition) is 1. The molecule has 2 aliphatic heterocycles. The summed E-state index contributed by atoms with van der Waals surface area (Å²) in [6, 6.07) is 15.8. The minimum Gasteiger partial charge on any atom is -0.493 e. The zero-order chi connectivity index (χ0) is 23.3. The van der Waals surface area contributed by atoms with Gasteiger partial charge in [0, 0.05) is 0 Å².